The summed E-state index contributed by atoms with van der Waals surface area (Å²) in [6.45, 7) is 4.45. The molecule has 0 bridgehead atoms. The average molecular weight is 504 g/mol. The third-order valence-corrected chi connectivity index (χ3v) is 6.78. The van der Waals surface area contributed by atoms with Crippen molar-refractivity contribution in [3.05, 3.63) is 54.4 Å². The van der Waals surface area contributed by atoms with E-state index in [1.807, 2.05) is 10.9 Å². The van der Waals surface area contributed by atoms with Crippen LogP contribution in [0, 0.1) is 5.82 Å². The van der Waals surface area contributed by atoms with Gasteiger partial charge in [-0.3, -0.25) is 19.4 Å². The number of nitrogens with two attached hydrogens (primary N) is 1. The molecule has 0 aliphatic heterocycles. The number of nitrogen functional groups attached to an aromatic ring is 1. The van der Waals surface area contributed by atoms with E-state index in [4.69, 9.17) is 10.8 Å². The minimum atomic E-state index is -0.458. The molecule has 11 heteroatoms. The molecule has 1 aliphatic carbocycles. The molecule has 4 aromatic rings. The Bertz CT molecular complexity index is 1470. The lowest BCUT2D eigenvalue weighted by molar-refractivity contribution is 0.0835. The highest BCUT2D eigenvalue weighted by atomic mass is 19.1. The van der Waals surface area contributed by atoms with Crippen molar-refractivity contribution in [3.8, 4) is 11.3 Å². The lowest BCUT2D eigenvalue weighted by Crippen LogP contribution is -2.41. The summed E-state index contributed by atoms with van der Waals surface area (Å²) >= 11 is 0. The van der Waals surface area contributed by atoms with E-state index in [1.54, 1.807) is 28.9 Å². The summed E-state index contributed by atoms with van der Waals surface area (Å²) in [4.78, 5) is 28.2. The molecule has 0 radical (unpaired) electrons. The van der Waals surface area contributed by atoms with E-state index in [9.17, 15) is 9.18 Å². The summed E-state index contributed by atoms with van der Waals surface area (Å²) in [5.41, 5.74) is 8.52. The van der Waals surface area contributed by atoms with E-state index in [-0.39, 0.29) is 30.1 Å². The number of nitrogens with zero attached hydrogens (tertiary/aromatic N) is 8. The normalized spacial score (nSPS) is 14.0. The van der Waals surface area contributed by atoms with Crippen LogP contribution >= 0.6 is 0 Å². The Morgan fingerprint density at radius 2 is 2.05 bits per heavy atom. The number of carbonyl (C=O) groups is 1. The predicted octanol–water partition coefficient (Wildman–Crippen LogP) is 4.11. The van der Waals surface area contributed by atoms with Crippen molar-refractivity contribution in [2.45, 2.75) is 58.2 Å². The Morgan fingerprint density at radius 3 is 2.73 bits per heavy atom. The van der Waals surface area contributed by atoms with E-state index < -0.39 is 5.82 Å². The molecular weight excluding hydrogens is 473 g/mol. The zero-order chi connectivity index (χ0) is 26.1. The molecular formula is C26H30FN9O. The predicted molar refractivity (Wildman–Crippen MR) is 140 cm³/mol. The van der Waals surface area contributed by atoms with Crippen molar-refractivity contribution in [2.75, 3.05) is 12.8 Å². The maximum Gasteiger partial charge on any atom is 0.259 e. The van der Waals surface area contributed by atoms with Crippen LogP contribution in [0.2, 0.25) is 0 Å². The van der Waals surface area contributed by atoms with Gasteiger partial charge in [-0.15, -0.1) is 0 Å². The largest absolute Gasteiger partial charge is 0.383 e. The highest BCUT2D eigenvalue weighted by Crippen LogP contribution is 2.32. The van der Waals surface area contributed by atoms with Gasteiger partial charge in [0.2, 0.25) is 0 Å². The Balaban J connectivity index is 1.53. The molecule has 2 N–H and O–H groups in total. The molecule has 5 rings (SSSR count). The summed E-state index contributed by atoms with van der Waals surface area (Å²) in [6.07, 6.45) is 8.78. The van der Waals surface area contributed by atoms with Gasteiger partial charge in [-0.1, -0.05) is 19.9 Å². The van der Waals surface area contributed by atoms with Crippen LogP contribution in [0.5, 0.6) is 0 Å². The van der Waals surface area contributed by atoms with Crippen LogP contribution in [0.15, 0.2) is 48.0 Å². The third-order valence-electron chi connectivity index (χ3n) is 6.78. The average Bonchev–Trinajstić information content (AvgIpc) is 3.49. The minimum absolute atomic E-state index is 0.00807. The summed E-state index contributed by atoms with van der Waals surface area (Å²) in [7, 11) is 1.64. The number of amides is 1. The summed E-state index contributed by atoms with van der Waals surface area (Å²) in [5, 5.41) is 10.0. The van der Waals surface area contributed by atoms with Gasteiger partial charge in [-0.05, 0) is 43.9 Å². The van der Waals surface area contributed by atoms with Gasteiger partial charge in [0.05, 0.1) is 17.6 Å². The van der Waals surface area contributed by atoms with Crippen LogP contribution in [0.25, 0.3) is 22.3 Å². The van der Waals surface area contributed by atoms with Gasteiger partial charge in [-0.2, -0.15) is 10.2 Å². The van der Waals surface area contributed by atoms with Crippen molar-refractivity contribution < 1.29 is 9.18 Å². The highest BCUT2D eigenvalue weighted by Gasteiger charge is 2.37. The quantitative estimate of drug-likeness (QED) is 0.285. The molecule has 0 saturated heterocycles. The number of halogens is 1. The lowest BCUT2D eigenvalue weighted by atomic mass is 10.1. The Kier molecular flexibility index (Phi) is 6.68. The second kappa shape index (κ2) is 10.1. The van der Waals surface area contributed by atoms with Crippen LogP contribution in [0.4, 0.5) is 10.2 Å². The summed E-state index contributed by atoms with van der Waals surface area (Å²) in [6, 6.07) is 6.01. The fourth-order valence-corrected chi connectivity index (χ4v) is 4.64. The van der Waals surface area contributed by atoms with E-state index in [0.29, 0.717) is 28.4 Å². The van der Waals surface area contributed by atoms with Crippen molar-refractivity contribution in [3.63, 3.8) is 0 Å². The monoisotopic (exact) mass is 503 g/mol. The number of aliphatic imine (C=N–C) groups is 1. The van der Waals surface area contributed by atoms with Crippen LogP contribution < -0.4 is 5.73 Å². The number of rotatable bonds is 8. The van der Waals surface area contributed by atoms with Crippen molar-refractivity contribution in [2.24, 2.45) is 4.99 Å². The summed E-state index contributed by atoms with van der Waals surface area (Å²) in [5.74, 6) is 0.0734. The Labute approximate surface area is 214 Å². The van der Waals surface area contributed by atoms with Gasteiger partial charge in [0.1, 0.15) is 36.0 Å². The second-order valence-corrected chi connectivity index (χ2v) is 9.20. The van der Waals surface area contributed by atoms with Crippen molar-refractivity contribution >= 4 is 28.6 Å². The smallest absolute Gasteiger partial charge is 0.259 e. The maximum absolute atomic E-state index is 13.9. The number of amidine groups is 1. The van der Waals surface area contributed by atoms with Crippen LogP contribution in [0.3, 0.4) is 0 Å². The van der Waals surface area contributed by atoms with E-state index in [0.717, 1.165) is 31.2 Å². The molecule has 0 spiro atoms. The number of benzene rings is 1. The Hall–Kier alpha value is -4.15. The fourth-order valence-electron chi connectivity index (χ4n) is 4.64. The molecule has 1 aromatic carbocycles. The molecule has 1 fully saturated rings. The number of carbonyl (C=O) groups excluding carboxylic acids is 1. The van der Waals surface area contributed by atoms with Gasteiger partial charge in [0, 0.05) is 30.4 Å². The maximum atomic E-state index is 13.9. The first-order valence-corrected chi connectivity index (χ1v) is 12.5. The first-order chi connectivity index (χ1) is 17.9. The van der Waals surface area contributed by atoms with Gasteiger partial charge >= 0.3 is 0 Å². The molecule has 192 valence electrons. The van der Waals surface area contributed by atoms with Crippen molar-refractivity contribution in [1.29, 1.82) is 0 Å². The van der Waals surface area contributed by atoms with E-state index in [1.165, 1.54) is 24.5 Å². The Morgan fingerprint density at radius 1 is 1.27 bits per heavy atom. The van der Waals surface area contributed by atoms with Crippen LogP contribution in [0.1, 0.15) is 55.9 Å². The minimum Gasteiger partial charge on any atom is -0.383 e. The number of anilines is 1. The van der Waals surface area contributed by atoms with E-state index in [2.05, 4.69) is 33.9 Å². The van der Waals surface area contributed by atoms with Gasteiger partial charge in [0.15, 0.2) is 5.65 Å². The highest BCUT2D eigenvalue weighted by molar-refractivity contribution is 6.07. The standard InChI is InChI=1S/C26H30FN9O/c1-4-19(5-2)34-13-17(12-32-34)23-22-24(28)30-15-31-25(22)35(33-23)14-21(29-3)36(20-9-10-20)26(37)16-7-6-8-18(27)11-16/h6-8,11-13,15,19-20H,4-5,9-10,14H2,1-3H3,(H2,28,30,31)/b29-21-. The number of aromatic nitrogens is 6. The fraction of sp³-hybridized carbons (Fsp3) is 0.385. The summed E-state index contributed by atoms with van der Waals surface area (Å²) < 4.78 is 17.5. The van der Waals surface area contributed by atoms with Gasteiger partial charge < -0.3 is 5.73 Å². The number of hydrogen-bond donors (Lipinski definition) is 1. The van der Waals surface area contributed by atoms with Crippen LogP contribution in [-0.4, -0.2) is 59.3 Å². The van der Waals surface area contributed by atoms with Gasteiger partial charge in [0.25, 0.3) is 5.91 Å². The number of hydrogen-bond acceptors (Lipinski definition) is 7. The zero-order valence-electron chi connectivity index (χ0n) is 21.2. The lowest BCUT2D eigenvalue weighted by Gasteiger charge is -2.24. The molecule has 10 nitrogen and oxygen atoms in total. The topological polar surface area (TPSA) is 120 Å². The van der Waals surface area contributed by atoms with Gasteiger partial charge in [-0.25, -0.2) is 19.0 Å². The molecule has 0 atom stereocenters. The van der Waals surface area contributed by atoms with E-state index >= 15 is 0 Å². The van der Waals surface area contributed by atoms with Crippen molar-refractivity contribution in [1.82, 2.24) is 34.4 Å². The molecule has 0 unspecified atom stereocenters. The zero-order valence-corrected chi connectivity index (χ0v) is 21.2. The molecule has 37 heavy (non-hydrogen) atoms. The second-order valence-electron chi connectivity index (χ2n) is 9.20. The molecule has 3 heterocycles. The SMILES string of the molecule is CCC(CC)n1cc(-c2nn(C/C(=N/C)N(C(=O)c3cccc(F)c3)C3CC3)c3ncnc(N)c23)cn1. The number of fused-ring (bicyclic) bond motifs is 1. The first-order valence-electron chi connectivity index (χ1n) is 12.5. The third kappa shape index (κ3) is 4.68. The molecule has 1 saturated carbocycles. The van der Waals surface area contributed by atoms with Crippen LogP contribution in [-0.2, 0) is 6.54 Å². The molecule has 1 aliphatic rings. The molecule has 1 amide bonds. The molecule has 3 aromatic heterocycles. The first kappa shape index (κ1) is 24.5.